The third-order valence-electron chi connectivity index (χ3n) is 4.41. The smallest absolute Gasteiger partial charge is 0.251 e. The normalized spacial score (nSPS) is 14.0. The van der Waals surface area contributed by atoms with Gasteiger partial charge in [-0.05, 0) is 30.2 Å². The summed E-state index contributed by atoms with van der Waals surface area (Å²) in [4.78, 5) is 25.7. The van der Waals surface area contributed by atoms with Gasteiger partial charge < -0.3 is 10.6 Å². The van der Waals surface area contributed by atoms with Crippen LogP contribution in [0.2, 0.25) is 0 Å². The monoisotopic (exact) mass is 386 g/mol. The lowest BCUT2D eigenvalue weighted by Crippen LogP contribution is -2.50. The lowest BCUT2D eigenvalue weighted by Gasteiger charge is -2.23. The van der Waals surface area contributed by atoms with Crippen LogP contribution in [0, 0.1) is 5.92 Å². The Labute approximate surface area is 163 Å². The van der Waals surface area contributed by atoms with Crippen LogP contribution in [0.15, 0.2) is 65.6 Å². The largest absolute Gasteiger partial charge is 0.353 e. The standard InChI is InChI=1S/C21H26N2O3S/c1-3-16(2)19(23-20(24)17-10-6-4-7-11-17)21(25)22-14-15-27(26)18-12-8-5-9-13-18/h4-13,16,19H,3,14-15H2,1-2H3,(H,22,25)(H,23,24)/t16-,19+,27+/m0/s1. The van der Waals surface area contributed by atoms with E-state index in [0.717, 1.165) is 11.3 Å². The maximum atomic E-state index is 12.6. The Morgan fingerprint density at radius 2 is 1.59 bits per heavy atom. The van der Waals surface area contributed by atoms with Crippen molar-refractivity contribution in [2.45, 2.75) is 31.2 Å². The molecule has 2 aromatic carbocycles. The second-order valence-corrected chi connectivity index (χ2v) is 7.93. The highest BCUT2D eigenvalue weighted by atomic mass is 32.2. The van der Waals surface area contributed by atoms with E-state index in [-0.39, 0.29) is 24.3 Å². The van der Waals surface area contributed by atoms with Gasteiger partial charge in [0.05, 0.1) is 10.8 Å². The SMILES string of the molecule is CC[C@H](C)[C@@H](NC(=O)c1ccccc1)C(=O)NCC[S@@](=O)c1ccccc1. The van der Waals surface area contributed by atoms with Gasteiger partial charge in [0.15, 0.2) is 0 Å². The number of amides is 2. The predicted octanol–water partition coefficient (Wildman–Crippen LogP) is 2.76. The van der Waals surface area contributed by atoms with Gasteiger partial charge in [0.2, 0.25) is 5.91 Å². The Bertz CT molecular complexity index is 766. The molecule has 0 heterocycles. The first-order valence-corrected chi connectivity index (χ1v) is 10.4. The third-order valence-corrected chi connectivity index (χ3v) is 5.78. The van der Waals surface area contributed by atoms with Crippen molar-refractivity contribution in [2.24, 2.45) is 5.92 Å². The van der Waals surface area contributed by atoms with E-state index < -0.39 is 16.8 Å². The van der Waals surface area contributed by atoms with Gasteiger partial charge in [-0.25, -0.2) is 0 Å². The summed E-state index contributed by atoms with van der Waals surface area (Å²) in [5, 5.41) is 5.64. The van der Waals surface area contributed by atoms with Crippen molar-refractivity contribution in [3.8, 4) is 0 Å². The average molecular weight is 387 g/mol. The van der Waals surface area contributed by atoms with E-state index in [1.807, 2.05) is 38.1 Å². The van der Waals surface area contributed by atoms with E-state index in [1.165, 1.54) is 0 Å². The minimum atomic E-state index is -1.17. The van der Waals surface area contributed by atoms with Crippen molar-refractivity contribution in [2.75, 3.05) is 12.3 Å². The van der Waals surface area contributed by atoms with Crippen LogP contribution in [0.1, 0.15) is 30.6 Å². The van der Waals surface area contributed by atoms with Gasteiger partial charge in [0.1, 0.15) is 6.04 Å². The highest BCUT2D eigenvalue weighted by molar-refractivity contribution is 7.85. The number of nitrogens with one attached hydrogen (secondary N) is 2. The molecule has 0 unspecified atom stereocenters. The third kappa shape index (κ3) is 6.32. The summed E-state index contributed by atoms with van der Waals surface area (Å²) in [7, 11) is -1.17. The molecule has 6 heteroatoms. The molecule has 0 spiro atoms. The Balaban J connectivity index is 1.92. The first-order chi connectivity index (χ1) is 13.0. The van der Waals surface area contributed by atoms with Gasteiger partial charge >= 0.3 is 0 Å². The zero-order valence-corrected chi connectivity index (χ0v) is 16.5. The topological polar surface area (TPSA) is 75.3 Å². The van der Waals surface area contributed by atoms with Gasteiger partial charge in [-0.1, -0.05) is 56.7 Å². The fourth-order valence-corrected chi connectivity index (χ4v) is 3.57. The minimum absolute atomic E-state index is 0.0164. The predicted molar refractivity (Wildman–Crippen MR) is 108 cm³/mol. The highest BCUT2D eigenvalue weighted by Crippen LogP contribution is 2.10. The number of hydrogen-bond donors (Lipinski definition) is 2. The van der Waals surface area contributed by atoms with Crippen LogP contribution in [0.4, 0.5) is 0 Å². The zero-order chi connectivity index (χ0) is 19.6. The summed E-state index contributed by atoms with van der Waals surface area (Å²) >= 11 is 0. The molecule has 2 N–H and O–H groups in total. The van der Waals surface area contributed by atoms with E-state index in [4.69, 9.17) is 0 Å². The molecule has 0 bridgehead atoms. The molecule has 144 valence electrons. The van der Waals surface area contributed by atoms with Crippen LogP contribution in [0.3, 0.4) is 0 Å². The van der Waals surface area contributed by atoms with Crippen molar-refractivity contribution in [3.05, 3.63) is 66.2 Å². The second-order valence-electron chi connectivity index (χ2n) is 6.36. The van der Waals surface area contributed by atoms with Crippen LogP contribution in [0.25, 0.3) is 0 Å². The zero-order valence-electron chi connectivity index (χ0n) is 15.7. The number of benzene rings is 2. The summed E-state index contributed by atoms with van der Waals surface area (Å²) < 4.78 is 12.2. The molecule has 0 radical (unpaired) electrons. The van der Waals surface area contributed by atoms with Crippen LogP contribution >= 0.6 is 0 Å². The van der Waals surface area contributed by atoms with E-state index in [0.29, 0.717) is 11.3 Å². The molecule has 5 nitrogen and oxygen atoms in total. The van der Waals surface area contributed by atoms with Crippen LogP contribution < -0.4 is 10.6 Å². The molecular formula is C21H26N2O3S. The lowest BCUT2D eigenvalue weighted by molar-refractivity contribution is -0.124. The maximum absolute atomic E-state index is 12.6. The van der Waals surface area contributed by atoms with Crippen LogP contribution in [-0.2, 0) is 15.6 Å². The molecule has 0 saturated heterocycles. The molecule has 0 aliphatic carbocycles. The molecule has 27 heavy (non-hydrogen) atoms. The molecule has 2 amide bonds. The second kappa shape index (κ2) is 10.6. The van der Waals surface area contributed by atoms with Crippen LogP contribution in [0.5, 0.6) is 0 Å². The lowest BCUT2D eigenvalue weighted by atomic mass is 9.98. The molecule has 3 atom stereocenters. The van der Waals surface area contributed by atoms with E-state index in [2.05, 4.69) is 10.6 Å². The Kier molecular flexibility index (Phi) is 8.20. The molecule has 0 aromatic heterocycles. The molecule has 0 aliphatic heterocycles. The summed E-state index contributed by atoms with van der Waals surface area (Å²) in [6, 6.07) is 17.4. The van der Waals surface area contributed by atoms with Crippen molar-refractivity contribution in [1.29, 1.82) is 0 Å². The molecule has 0 aliphatic rings. The maximum Gasteiger partial charge on any atom is 0.251 e. The van der Waals surface area contributed by atoms with Gasteiger partial charge in [-0.2, -0.15) is 0 Å². The Hall–Kier alpha value is -2.47. The van der Waals surface area contributed by atoms with Gasteiger partial charge in [0, 0.05) is 22.8 Å². The number of hydrogen-bond acceptors (Lipinski definition) is 3. The van der Waals surface area contributed by atoms with Gasteiger partial charge in [-0.15, -0.1) is 0 Å². The van der Waals surface area contributed by atoms with Crippen LogP contribution in [-0.4, -0.2) is 34.4 Å². The fourth-order valence-electron chi connectivity index (χ4n) is 2.58. The number of carbonyl (C=O) groups excluding carboxylic acids is 2. The molecule has 0 saturated carbocycles. The molecule has 2 rings (SSSR count). The average Bonchev–Trinajstić information content (AvgIpc) is 2.72. The van der Waals surface area contributed by atoms with Gasteiger partial charge in [0.25, 0.3) is 5.91 Å². The quantitative estimate of drug-likeness (QED) is 0.696. The molecular weight excluding hydrogens is 360 g/mol. The highest BCUT2D eigenvalue weighted by Gasteiger charge is 2.26. The van der Waals surface area contributed by atoms with Crippen molar-refractivity contribution in [3.63, 3.8) is 0 Å². The Morgan fingerprint density at radius 1 is 1.00 bits per heavy atom. The molecule has 0 fully saturated rings. The van der Waals surface area contributed by atoms with Crippen molar-refractivity contribution >= 4 is 22.6 Å². The van der Waals surface area contributed by atoms with E-state index >= 15 is 0 Å². The fraction of sp³-hybridized carbons (Fsp3) is 0.333. The Morgan fingerprint density at radius 3 is 2.19 bits per heavy atom. The first-order valence-electron chi connectivity index (χ1n) is 9.10. The first kappa shape index (κ1) is 20.8. The molecule has 2 aromatic rings. The summed E-state index contributed by atoms with van der Waals surface area (Å²) in [5.41, 5.74) is 0.517. The van der Waals surface area contributed by atoms with Crippen molar-refractivity contribution in [1.82, 2.24) is 10.6 Å². The van der Waals surface area contributed by atoms with Crippen molar-refractivity contribution < 1.29 is 13.8 Å². The summed E-state index contributed by atoms with van der Waals surface area (Å²) in [6.45, 7) is 4.19. The number of carbonyl (C=O) groups is 2. The number of rotatable bonds is 9. The van der Waals surface area contributed by atoms with E-state index in [1.54, 1.807) is 36.4 Å². The minimum Gasteiger partial charge on any atom is -0.353 e. The summed E-state index contributed by atoms with van der Waals surface area (Å²) in [5.74, 6) is -0.213. The van der Waals surface area contributed by atoms with Gasteiger partial charge in [-0.3, -0.25) is 13.8 Å². The van der Waals surface area contributed by atoms with E-state index in [9.17, 15) is 13.8 Å². The summed E-state index contributed by atoms with van der Waals surface area (Å²) in [6.07, 6.45) is 0.753.